The highest BCUT2D eigenvalue weighted by Gasteiger charge is 2.50. The van der Waals surface area contributed by atoms with Crippen LogP contribution in [0.1, 0.15) is 132 Å². The normalized spacial score (nSPS) is 13.7. The van der Waals surface area contributed by atoms with Crippen LogP contribution in [0.3, 0.4) is 0 Å². The Morgan fingerprint density at radius 1 is 0.382 bits per heavy atom. The lowest BCUT2D eigenvalue weighted by Gasteiger charge is -2.44. The van der Waals surface area contributed by atoms with Gasteiger partial charge in [-0.3, -0.25) is 0 Å². The predicted molar refractivity (Wildman–Crippen MR) is 384 cm³/mol. The van der Waals surface area contributed by atoms with E-state index in [2.05, 4.69) is 319 Å². The van der Waals surface area contributed by atoms with Crippen LogP contribution in [0, 0.1) is 0 Å². The number of hydrogen-bond donors (Lipinski definition) is 0. The second-order valence-electron chi connectivity index (χ2n) is 30.3. The van der Waals surface area contributed by atoms with Crippen LogP contribution in [0.25, 0.3) is 75.3 Å². The van der Waals surface area contributed by atoms with Gasteiger partial charge in [0.1, 0.15) is 22.4 Å². The van der Waals surface area contributed by atoms with Crippen molar-refractivity contribution in [3.63, 3.8) is 0 Å². The van der Waals surface area contributed by atoms with Crippen LogP contribution in [0.15, 0.2) is 209 Å². The summed E-state index contributed by atoms with van der Waals surface area (Å²) in [5.74, 6) is 0. The fourth-order valence-electron chi connectivity index (χ4n) is 13.9. The van der Waals surface area contributed by atoms with E-state index in [1.807, 2.05) is 11.3 Å². The smallest absolute Gasteiger partial charge is 0.376 e. The number of anilines is 8. The van der Waals surface area contributed by atoms with Gasteiger partial charge in [0.15, 0.2) is 0 Å². The molecule has 0 atom stereocenters. The second-order valence-corrected chi connectivity index (χ2v) is 31.3. The Morgan fingerprint density at radius 3 is 1.55 bits per heavy atom. The van der Waals surface area contributed by atoms with E-state index in [0.29, 0.717) is 0 Å². The molecule has 0 radical (unpaired) electrons. The molecule has 442 valence electrons. The van der Waals surface area contributed by atoms with E-state index in [0.717, 1.165) is 112 Å². The molecule has 5 heterocycles. The lowest BCUT2D eigenvalue weighted by atomic mass is 9.45. The molecule has 0 saturated heterocycles. The molecule has 0 saturated carbocycles. The molecule has 0 spiro atoms. The minimum absolute atomic E-state index is 0.0303. The van der Waals surface area contributed by atoms with Gasteiger partial charge in [-0.15, -0.1) is 11.3 Å². The van der Waals surface area contributed by atoms with E-state index in [1.165, 1.54) is 48.0 Å². The molecule has 7 heteroatoms. The maximum Gasteiger partial charge on any atom is 0.376 e. The van der Waals surface area contributed by atoms with Gasteiger partial charge in [-0.2, -0.15) is 0 Å². The van der Waals surface area contributed by atoms with Gasteiger partial charge in [0.2, 0.25) is 0 Å². The number of rotatable bonds is 6. The van der Waals surface area contributed by atoms with Gasteiger partial charge in [0.05, 0.1) is 11.4 Å². The number of benzene rings is 10. The highest BCUT2D eigenvalue weighted by molar-refractivity contribution is 7.26. The zero-order chi connectivity index (χ0) is 62.0. The quantitative estimate of drug-likeness (QED) is 0.155. The van der Waals surface area contributed by atoms with Crippen LogP contribution >= 0.6 is 11.3 Å². The van der Waals surface area contributed by atoms with Crippen molar-refractivity contribution in [1.82, 2.24) is 0 Å². The van der Waals surface area contributed by atoms with E-state index in [1.54, 1.807) is 0 Å². The molecule has 0 unspecified atom stereocenters. The van der Waals surface area contributed by atoms with Crippen molar-refractivity contribution in [2.75, 3.05) is 14.6 Å². The van der Waals surface area contributed by atoms with Gasteiger partial charge >= 0.3 is 6.85 Å². The third-order valence-corrected chi connectivity index (χ3v) is 20.1. The van der Waals surface area contributed by atoms with Gasteiger partial charge in [-0.05, 0) is 163 Å². The average molecular weight is 1180 g/mol. The van der Waals surface area contributed by atoms with E-state index in [4.69, 9.17) is 8.83 Å². The molecule has 89 heavy (non-hydrogen) atoms. The van der Waals surface area contributed by atoms with Crippen LogP contribution < -0.4 is 25.7 Å². The van der Waals surface area contributed by atoms with Crippen molar-refractivity contribution in [2.45, 2.75) is 131 Å². The molecular weight excluding hydrogens is 1100 g/mol. The molecule has 0 bridgehead atoms. The summed E-state index contributed by atoms with van der Waals surface area (Å²) in [5, 5.41) is 5.69. The van der Waals surface area contributed by atoms with Crippen molar-refractivity contribution in [3.05, 3.63) is 228 Å². The van der Waals surface area contributed by atoms with Crippen molar-refractivity contribution in [3.8, 4) is 22.3 Å². The lowest BCUT2D eigenvalue weighted by Crippen LogP contribution is -2.61. The summed E-state index contributed by atoms with van der Waals surface area (Å²) in [7, 11) is 0. The molecule has 0 amide bonds. The molecule has 0 aliphatic carbocycles. The Kier molecular flexibility index (Phi) is 12.7. The van der Waals surface area contributed by atoms with Crippen LogP contribution in [0.4, 0.5) is 45.5 Å². The maximum absolute atomic E-state index is 7.67. The Hall–Kier alpha value is -8.78. The minimum Gasteiger partial charge on any atom is -0.466 e. The number of fused-ring (bicyclic) bond motifs is 13. The summed E-state index contributed by atoms with van der Waals surface area (Å²) in [6.45, 7) is 34.1. The zero-order valence-corrected chi connectivity index (χ0v) is 55.0. The van der Waals surface area contributed by atoms with Gasteiger partial charge < -0.3 is 23.4 Å². The molecule has 10 aromatic carbocycles. The van der Waals surface area contributed by atoms with E-state index in [9.17, 15) is 0 Å². The molecule has 15 rings (SSSR count). The molecule has 3 aromatic heterocycles. The molecule has 2 aliphatic heterocycles. The van der Waals surface area contributed by atoms with Crippen molar-refractivity contribution < 1.29 is 8.83 Å². The average Bonchev–Trinajstić information content (AvgIpc) is 1.67. The number of hydrogen-bond acceptors (Lipinski definition) is 6. The van der Waals surface area contributed by atoms with Crippen LogP contribution in [-0.4, -0.2) is 6.85 Å². The van der Waals surface area contributed by atoms with Crippen molar-refractivity contribution >= 4 is 128 Å². The van der Waals surface area contributed by atoms with Gasteiger partial charge in [-0.1, -0.05) is 207 Å². The predicted octanol–water partition coefficient (Wildman–Crippen LogP) is 23.0. The monoisotopic (exact) mass is 1180 g/mol. The highest BCUT2D eigenvalue weighted by Crippen LogP contribution is 2.56. The number of nitrogens with zero attached hydrogens (tertiary/aromatic N) is 3. The Morgan fingerprint density at radius 2 is 0.921 bits per heavy atom. The van der Waals surface area contributed by atoms with Gasteiger partial charge in [-0.25, -0.2) is 0 Å². The first-order chi connectivity index (χ1) is 42.3. The summed E-state index contributed by atoms with van der Waals surface area (Å²) in [6, 6.07) is 75.8. The fourth-order valence-corrected chi connectivity index (χ4v) is 15.1. The number of para-hydroxylation sites is 1. The van der Waals surface area contributed by atoms with E-state index < -0.39 is 6.85 Å². The Balaban J connectivity index is 1.04. The second kappa shape index (κ2) is 19.9. The SMILES string of the molecule is CC(C)(C)c1ccc(N2B3c4oc5ccc(C(C)(C)C)cc5c4N(c4ccc(C(C)(C)C)cc4-c4ccccc4)c4cc5c(oc6ccccc65)c(c43)-c3cc4c(cc32)sc2cc(N(c3ccc(C(C)(C)C)cc3)c3ccc(C(C)(C)C)cc3)ccc24)cc1. The maximum atomic E-state index is 7.67. The summed E-state index contributed by atoms with van der Waals surface area (Å²) >= 11 is 1.87. The molecule has 13 aromatic rings. The topological polar surface area (TPSA) is 36.0 Å². The first-order valence-corrected chi connectivity index (χ1v) is 32.6. The lowest BCUT2D eigenvalue weighted by molar-refractivity contribution is 0.590. The third kappa shape index (κ3) is 9.31. The molecule has 0 fully saturated rings. The molecule has 2 aliphatic rings. The number of thiophene rings is 1. The Labute approximate surface area is 529 Å². The summed E-state index contributed by atoms with van der Waals surface area (Å²) < 4.78 is 17.5. The van der Waals surface area contributed by atoms with Crippen molar-refractivity contribution in [1.29, 1.82) is 0 Å². The summed E-state index contributed by atoms with van der Waals surface area (Å²) in [4.78, 5) is 7.60. The third-order valence-electron chi connectivity index (χ3n) is 19.0. The first kappa shape index (κ1) is 56.7. The van der Waals surface area contributed by atoms with Crippen LogP contribution in [-0.2, 0) is 27.1 Å². The fraction of sp³-hybridized carbons (Fsp3) is 0.244. The first-order valence-electron chi connectivity index (χ1n) is 31.7. The summed E-state index contributed by atoms with van der Waals surface area (Å²) in [5.41, 5.74) is 24.2. The standard InChI is InChI=1S/C82H78BN3O2S/c1-78(2,3)50-25-33-55(34-26-50)84(56-35-27-51(28-36-56)79(4,5)6)58-39-40-60-62-46-64-67(48-72(62)89-71(60)45-58)86(57-37-29-52(30-38-57)80(7,8)9)83-74-68(47-63-59-23-19-20-24-69(59)87-76(63)73(64)74)85(75-65-44-54(82(13,14)15)32-42-70(65)88-77(75)83)66-41-31-53(81(10,11)12)43-61(66)49-21-17-16-18-22-49/h16-48H,1-15H3. The number of furan rings is 2. The van der Waals surface area contributed by atoms with Gasteiger partial charge in [0.25, 0.3) is 0 Å². The van der Waals surface area contributed by atoms with Crippen LogP contribution in [0.5, 0.6) is 0 Å². The van der Waals surface area contributed by atoms with Crippen molar-refractivity contribution in [2.24, 2.45) is 0 Å². The zero-order valence-electron chi connectivity index (χ0n) is 54.2. The summed E-state index contributed by atoms with van der Waals surface area (Å²) in [6.07, 6.45) is 0. The molecular formula is C82H78BN3O2S. The van der Waals surface area contributed by atoms with Gasteiger partial charge in [0, 0.05) is 87.1 Å². The minimum atomic E-state index is -0.405. The molecule has 5 nitrogen and oxygen atoms in total. The highest BCUT2D eigenvalue weighted by atomic mass is 32.1. The largest absolute Gasteiger partial charge is 0.466 e. The van der Waals surface area contributed by atoms with E-state index >= 15 is 0 Å². The van der Waals surface area contributed by atoms with Crippen LogP contribution in [0.2, 0.25) is 0 Å². The molecule has 0 N–H and O–H groups in total. The van der Waals surface area contributed by atoms with E-state index in [-0.39, 0.29) is 27.1 Å². The Bertz CT molecular complexity index is 4920.